The van der Waals surface area contributed by atoms with Crippen molar-refractivity contribution in [3.8, 4) is 0 Å². The summed E-state index contributed by atoms with van der Waals surface area (Å²) in [7, 11) is 0. The minimum Gasteiger partial charge on any atom is -0.341 e. The first-order valence-corrected chi connectivity index (χ1v) is 8.65. The van der Waals surface area contributed by atoms with Crippen LogP contribution in [-0.2, 0) is 16.9 Å². The fourth-order valence-electron chi connectivity index (χ4n) is 3.36. The average Bonchev–Trinajstić information content (AvgIpc) is 3.20. The number of hydrogen-bond donors (Lipinski definition) is 1. The third-order valence-electron chi connectivity index (χ3n) is 4.64. The highest BCUT2D eigenvalue weighted by Gasteiger charge is 2.45. The second kappa shape index (κ2) is 6.59. The van der Waals surface area contributed by atoms with E-state index < -0.39 is 5.54 Å². The summed E-state index contributed by atoms with van der Waals surface area (Å²) in [6.45, 7) is 11.8. The smallest absolute Gasteiger partial charge is 0.253 e. The Morgan fingerprint density at radius 1 is 1.44 bits per heavy atom. The van der Waals surface area contributed by atoms with Gasteiger partial charge >= 0.3 is 0 Å². The third-order valence-corrected chi connectivity index (χ3v) is 4.64. The second-order valence-corrected chi connectivity index (χ2v) is 7.18. The first-order valence-electron chi connectivity index (χ1n) is 8.65. The second-order valence-electron chi connectivity index (χ2n) is 7.18. The lowest BCUT2D eigenvalue weighted by Crippen LogP contribution is -2.47. The van der Waals surface area contributed by atoms with Gasteiger partial charge in [-0.05, 0) is 34.1 Å². The molecule has 1 atom stereocenters. The molecule has 1 amide bonds. The molecule has 1 unspecified atom stereocenters. The van der Waals surface area contributed by atoms with Gasteiger partial charge in [0.05, 0.1) is 5.69 Å². The van der Waals surface area contributed by atoms with E-state index in [1.165, 1.54) is 12.5 Å². The molecule has 0 bridgehead atoms. The predicted octanol–water partition coefficient (Wildman–Crippen LogP) is 1.70. The molecule has 1 aliphatic heterocycles. The van der Waals surface area contributed by atoms with Crippen LogP contribution in [-0.4, -0.2) is 43.8 Å². The van der Waals surface area contributed by atoms with Crippen LogP contribution in [0.1, 0.15) is 56.2 Å². The van der Waals surface area contributed by atoms with Gasteiger partial charge in [0.25, 0.3) is 5.89 Å². The zero-order chi connectivity index (χ0) is 18.2. The number of nitrogens with zero attached hydrogens (tertiary/aromatic N) is 5. The standard InChI is InChI=1S/C17H26N6O2/c1-11(2)23-9-15(12(3)20-23)8-22-7-6-17(10-22,19-14(5)24)16-18-13(4)21-25-16/h9,11H,6-8,10H2,1-5H3,(H,19,24). The quantitative estimate of drug-likeness (QED) is 0.886. The number of rotatable bonds is 5. The van der Waals surface area contributed by atoms with Crippen molar-refractivity contribution in [2.45, 2.75) is 59.2 Å². The largest absolute Gasteiger partial charge is 0.341 e. The number of likely N-dealkylation sites (tertiary alicyclic amines) is 1. The lowest BCUT2D eigenvalue weighted by Gasteiger charge is -2.26. The first kappa shape index (κ1) is 17.6. The zero-order valence-corrected chi connectivity index (χ0v) is 15.5. The molecule has 0 radical (unpaired) electrons. The Morgan fingerprint density at radius 2 is 2.20 bits per heavy atom. The lowest BCUT2D eigenvalue weighted by atomic mass is 9.98. The van der Waals surface area contributed by atoms with Gasteiger partial charge in [0.1, 0.15) is 5.54 Å². The van der Waals surface area contributed by atoms with Crippen LogP contribution in [0.4, 0.5) is 0 Å². The average molecular weight is 346 g/mol. The first-order chi connectivity index (χ1) is 11.8. The normalized spacial score (nSPS) is 21.2. The Labute approximate surface area is 147 Å². The van der Waals surface area contributed by atoms with E-state index in [0.717, 1.165) is 25.2 Å². The van der Waals surface area contributed by atoms with Crippen LogP contribution in [0.5, 0.6) is 0 Å². The van der Waals surface area contributed by atoms with Crippen LogP contribution in [0.15, 0.2) is 10.7 Å². The molecule has 2 aromatic rings. The fourth-order valence-corrected chi connectivity index (χ4v) is 3.36. The number of hydrogen-bond acceptors (Lipinski definition) is 6. The monoisotopic (exact) mass is 346 g/mol. The van der Waals surface area contributed by atoms with Gasteiger partial charge in [-0.15, -0.1) is 0 Å². The van der Waals surface area contributed by atoms with Crippen LogP contribution < -0.4 is 5.32 Å². The molecule has 2 aromatic heterocycles. The van der Waals surface area contributed by atoms with E-state index in [-0.39, 0.29) is 5.91 Å². The maximum atomic E-state index is 11.7. The highest BCUT2D eigenvalue weighted by atomic mass is 16.5. The maximum absolute atomic E-state index is 11.7. The Bertz CT molecular complexity index is 765. The molecule has 1 fully saturated rings. The number of nitrogens with one attached hydrogen (secondary N) is 1. The van der Waals surface area contributed by atoms with Crippen molar-refractivity contribution >= 4 is 5.91 Å². The van der Waals surface area contributed by atoms with Gasteiger partial charge in [-0.3, -0.25) is 14.4 Å². The van der Waals surface area contributed by atoms with Crippen molar-refractivity contribution in [2.24, 2.45) is 0 Å². The van der Waals surface area contributed by atoms with Crippen LogP contribution in [0.25, 0.3) is 0 Å². The van der Waals surface area contributed by atoms with Gasteiger partial charge in [-0.25, -0.2) is 0 Å². The van der Waals surface area contributed by atoms with E-state index in [2.05, 4.69) is 45.5 Å². The molecule has 1 aliphatic rings. The molecule has 136 valence electrons. The number of carbonyl (C=O) groups is 1. The molecule has 8 nitrogen and oxygen atoms in total. The van der Waals surface area contributed by atoms with Crippen molar-refractivity contribution in [1.29, 1.82) is 0 Å². The van der Waals surface area contributed by atoms with Gasteiger partial charge in [0.15, 0.2) is 5.82 Å². The Hall–Kier alpha value is -2.22. The summed E-state index contributed by atoms with van der Waals surface area (Å²) in [5.41, 5.74) is 1.63. The molecule has 8 heteroatoms. The molecule has 0 aliphatic carbocycles. The van der Waals surface area contributed by atoms with E-state index >= 15 is 0 Å². The van der Waals surface area contributed by atoms with Gasteiger partial charge < -0.3 is 9.84 Å². The molecule has 25 heavy (non-hydrogen) atoms. The summed E-state index contributed by atoms with van der Waals surface area (Å²) >= 11 is 0. The van der Waals surface area contributed by atoms with Gasteiger partial charge in [0, 0.05) is 44.4 Å². The molecule has 0 aromatic carbocycles. The van der Waals surface area contributed by atoms with Crippen molar-refractivity contribution < 1.29 is 9.32 Å². The highest BCUT2D eigenvalue weighted by Crippen LogP contribution is 2.32. The molecular formula is C17H26N6O2. The highest BCUT2D eigenvalue weighted by molar-refractivity contribution is 5.74. The number of amides is 1. The van der Waals surface area contributed by atoms with Crippen LogP contribution >= 0.6 is 0 Å². The Kier molecular flexibility index (Phi) is 4.64. The minimum absolute atomic E-state index is 0.0958. The summed E-state index contributed by atoms with van der Waals surface area (Å²) in [4.78, 5) is 18.4. The SMILES string of the molecule is CC(=O)NC1(c2nc(C)no2)CCN(Cc2cn(C(C)C)nc2C)C1. The molecule has 0 saturated carbocycles. The summed E-state index contributed by atoms with van der Waals surface area (Å²) in [6, 6.07) is 0.339. The molecule has 1 saturated heterocycles. The topological polar surface area (TPSA) is 89.1 Å². The fraction of sp³-hybridized carbons (Fsp3) is 0.647. The van der Waals surface area contributed by atoms with Crippen molar-refractivity contribution in [3.63, 3.8) is 0 Å². The van der Waals surface area contributed by atoms with E-state index in [1.54, 1.807) is 6.92 Å². The van der Waals surface area contributed by atoms with Gasteiger partial charge in [0.2, 0.25) is 5.91 Å². The van der Waals surface area contributed by atoms with E-state index in [4.69, 9.17) is 4.52 Å². The third kappa shape index (κ3) is 3.58. The number of aryl methyl sites for hydroxylation is 2. The maximum Gasteiger partial charge on any atom is 0.253 e. The Morgan fingerprint density at radius 3 is 2.76 bits per heavy atom. The number of carbonyl (C=O) groups excluding carboxylic acids is 1. The van der Waals surface area contributed by atoms with Crippen molar-refractivity contribution in [1.82, 2.24) is 30.1 Å². The lowest BCUT2D eigenvalue weighted by molar-refractivity contribution is -0.121. The molecular weight excluding hydrogens is 320 g/mol. The van der Waals surface area contributed by atoms with E-state index in [9.17, 15) is 4.79 Å². The van der Waals surface area contributed by atoms with E-state index in [1.807, 2.05) is 11.6 Å². The van der Waals surface area contributed by atoms with Crippen LogP contribution in [0, 0.1) is 13.8 Å². The molecule has 3 rings (SSSR count). The van der Waals surface area contributed by atoms with E-state index in [0.29, 0.717) is 24.3 Å². The van der Waals surface area contributed by atoms with Crippen LogP contribution in [0.3, 0.4) is 0 Å². The van der Waals surface area contributed by atoms with Crippen molar-refractivity contribution in [2.75, 3.05) is 13.1 Å². The number of aromatic nitrogens is 4. The van der Waals surface area contributed by atoms with Crippen LogP contribution in [0.2, 0.25) is 0 Å². The summed E-state index contributed by atoms with van der Waals surface area (Å²) < 4.78 is 7.38. The Balaban J connectivity index is 1.79. The minimum atomic E-state index is -0.616. The molecule has 0 spiro atoms. The summed E-state index contributed by atoms with van der Waals surface area (Å²) in [5.74, 6) is 0.964. The molecule has 3 heterocycles. The van der Waals surface area contributed by atoms with Gasteiger partial charge in [-0.2, -0.15) is 10.1 Å². The zero-order valence-electron chi connectivity index (χ0n) is 15.5. The predicted molar refractivity (Wildman–Crippen MR) is 91.8 cm³/mol. The summed E-state index contributed by atoms with van der Waals surface area (Å²) in [6.07, 6.45) is 2.85. The molecule has 1 N–H and O–H groups in total. The summed E-state index contributed by atoms with van der Waals surface area (Å²) in [5, 5.41) is 11.5. The van der Waals surface area contributed by atoms with Crippen molar-refractivity contribution in [3.05, 3.63) is 29.2 Å². The van der Waals surface area contributed by atoms with Gasteiger partial charge in [-0.1, -0.05) is 5.16 Å².